The summed E-state index contributed by atoms with van der Waals surface area (Å²) >= 11 is 3.35. The minimum Gasteiger partial charge on any atom is -0.378 e. The van der Waals surface area contributed by atoms with Gasteiger partial charge in [-0.25, -0.2) is 0 Å². The van der Waals surface area contributed by atoms with Gasteiger partial charge in [0.15, 0.2) is 0 Å². The van der Waals surface area contributed by atoms with Crippen LogP contribution in [0.5, 0.6) is 0 Å². The Kier molecular flexibility index (Phi) is 5.39. The van der Waals surface area contributed by atoms with E-state index in [0.717, 1.165) is 31.3 Å². The quantitative estimate of drug-likeness (QED) is 0.557. The number of rotatable bonds is 4. The Morgan fingerprint density at radius 1 is 1.31 bits per heavy atom. The highest BCUT2D eigenvalue weighted by Crippen LogP contribution is 2.04. The van der Waals surface area contributed by atoms with Gasteiger partial charge in [0.05, 0.1) is 13.2 Å². The number of hydrogen-bond donors (Lipinski definition) is 0. The summed E-state index contributed by atoms with van der Waals surface area (Å²) in [5, 5.41) is 0.989. The summed E-state index contributed by atoms with van der Waals surface area (Å²) in [5.74, 6) is 0.282. The Balaban J connectivity index is 2.13. The van der Waals surface area contributed by atoms with Crippen LogP contribution in [0, 0.1) is 0 Å². The van der Waals surface area contributed by atoms with Crippen LogP contribution in [0.2, 0.25) is 0 Å². The maximum absolute atomic E-state index is 11.5. The molecule has 0 aromatic rings. The standard InChI is InChI=1S/C9H16BrNO2/c10-4-2-1-3-9(12)11-5-7-13-8-6-11/h1-8H2. The highest BCUT2D eigenvalue weighted by molar-refractivity contribution is 9.09. The number of hydrogen-bond acceptors (Lipinski definition) is 2. The number of alkyl halides is 1. The first-order chi connectivity index (χ1) is 6.34. The van der Waals surface area contributed by atoms with E-state index < -0.39 is 0 Å². The van der Waals surface area contributed by atoms with Crippen LogP contribution in [0.4, 0.5) is 0 Å². The minimum atomic E-state index is 0.282. The molecular formula is C9H16BrNO2. The summed E-state index contributed by atoms with van der Waals surface area (Å²) in [5.41, 5.74) is 0. The fourth-order valence-electron chi connectivity index (χ4n) is 1.34. The highest BCUT2D eigenvalue weighted by atomic mass is 79.9. The Morgan fingerprint density at radius 3 is 2.62 bits per heavy atom. The molecule has 0 saturated carbocycles. The van der Waals surface area contributed by atoms with Crippen LogP contribution in [0.15, 0.2) is 0 Å². The van der Waals surface area contributed by atoms with Gasteiger partial charge < -0.3 is 9.64 Å². The lowest BCUT2D eigenvalue weighted by atomic mass is 10.2. The molecule has 1 aliphatic heterocycles. The van der Waals surface area contributed by atoms with Crippen molar-refractivity contribution in [3.05, 3.63) is 0 Å². The first-order valence-corrected chi connectivity index (χ1v) is 5.88. The van der Waals surface area contributed by atoms with E-state index in [1.807, 2.05) is 4.90 Å². The van der Waals surface area contributed by atoms with Crippen LogP contribution in [0.1, 0.15) is 19.3 Å². The number of carbonyl (C=O) groups is 1. The number of carbonyl (C=O) groups excluding carboxylic acids is 1. The molecule has 0 atom stereocenters. The van der Waals surface area contributed by atoms with Gasteiger partial charge in [-0.2, -0.15) is 0 Å². The van der Waals surface area contributed by atoms with Crippen LogP contribution in [0.25, 0.3) is 0 Å². The van der Waals surface area contributed by atoms with Gasteiger partial charge in [0, 0.05) is 24.8 Å². The van der Waals surface area contributed by atoms with E-state index in [1.54, 1.807) is 0 Å². The van der Waals surface area contributed by atoms with Gasteiger partial charge in [-0.3, -0.25) is 4.79 Å². The molecule has 4 heteroatoms. The molecule has 0 aliphatic carbocycles. The Labute approximate surface area is 87.6 Å². The van der Waals surface area contributed by atoms with Crippen molar-refractivity contribution in [1.82, 2.24) is 4.90 Å². The van der Waals surface area contributed by atoms with E-state index in [-0.39, 0.29) is 5.91 Å². The van der Waals surface area contributed by atoms with Crippen LogP contribution < -0.4 is 0 Å². The van der Waals surface area contributed by atoms with Gasteiger partial charge in [0.1, 0.15) is 0 Å². The fourth-order valence-corrected chi connectivity index (χ4v) is 1.74. The van der Waals surface area contributed by atoms with E-state index in [1.165, 1.54) is 0 Å². The summed E-state index contributed by atoms with van der Waals surface area (Å²) in [6.07, 6.45) is 2.75. The molecule has 0 aromatic heterocycles. The molecule has 3 nitrogen and oxygen atoms in total. The molecule has 1 rings (SSSR count). The maximum atomic E-state index is 11.5. The number of morpholine rings is 1. The molecule has 0 spiro atoms. The molecule has 0 N–H and O–H groups in total. The highest BCUT2D eigenvalue weighted by Gasteiger charge is 2.15. The van der Waals surface area contributed by atoms with E-state index in [4.69, 9.17) is 4.74 Å². The van der Waals surface area contributed by atoms with Gasteiger partial charge >= 0.3 is 0 Å². The lowest BCUT2D eigenvalue weighted by Gasteiger charge is -2.26. The summed E-state index contributed by atoms with van der Waals surface area (Å²) in [4.78, 5) is 13.4. The van der Waals surface area contributed by atoms with Crippen molar-refractivity contribution >= 4 is 21.8 Å². The topological polar surface area (TPSA) is 29.5 Å². The number of nitrogens with zero attached hydrogens (tertiary/aromatic N) is 1. The van der Waals surface area contributed by atoms with Crippen LogP contribution in [0.3, 0.4) is 0 Å². The molecule has 1 fully saturated rings. The second kappa shape index (κ2) is 6.38. The first-order valence-electron chi connectivity index (χ1n) is 4.76. The number of halogens is 1. The largest absolute Gasteiger partial charge is 0.378 e. The molecule has 0 bridgehead atoms. The average molecular weight is 250 g/mol. The predicted octanol–water partition coefficient (Wildman–Crippen LogP) is 1.41. The third kappa shape index (κ3) is 4.09. The number of ether oxygens (including phenoxy) is 1. The lowest BCUT2D eigenvalue weighted by molar-refractivity contribution is -0.135. The van der Waals surface area contributed by atoms with Gasteiger partial charge in [0.2, 0.25) is 5.91 Å². The van der Waals surface area contributed by atoms with Crippen molar-refractivity contribution < 1.29 is 9.53 Å². The molecule has 13 heavy (non-hydrogen) atoms. The Bertz CT molecular complexity index is 158. The van der Waals surface area contributed by atoms with Crippen molar-refractivity contribution in [2.24, 2.45) is 0 Å². The SMILES string of the molecule is O=C(CCCCBr)N1CCOCC1. The number of amides is 1. The molecule has 1 saturated heterocycles. The zero-order chi connectivity index (χ0) is 9.52. The Hall–Kier alpha value is -0.0900. The van der Waals surface area contributed by atoms with Gasteiger partial charge in [0.25, 0.3) is 0 Å². The maximum Gasteiger partial charge on any atom is 0.222 e. The van der Waals surface area contributed by atoms with E-state index in [9.17, 15) is 4.79 Å². The molecular weight excluding hydrogens is 234 g/mol. The van der Waals surface area contributed by atoms with Gasteiger partial charge in [-0.05, 0) is 12.8 Å². The van der Waals surface area contributed by atoms with Crippen LogP contribution >= 0.6 is 15.9 Å². The van der Waals surface area contributed by atoms with Crippen molar-refractivity contribution in [3.63, 3.8) is 0 Å². The average Bonchev–Trinajstić information content (AvgIpc) is 2.19. The molecule has 1 aliphatic rings. The van der Waals surface area contributed by atoms with E-state index in [0.29, 0.717) is 19.6 Å². The van der Waals surface area contributed by atoms with Crippen molar-refractivity contribution in [1.29, 1.82) is 0 Å². The van der Waals surface area contributed by atoms with Crippen molar-refractivity contribution in [2.45, 2.75) is 19.3 Å². The van der Waals surface area contributed by atoms with Crippen LogP contribution in [-0.4, -0.2) is 42.4 Å². The summed E-state index contributed by atoms with van der Waals surface area (Å²) in [6.45, 7) is 2.94. The molecule has 1 heterocycles. The lowest BCUT2D eigenvalue weighted by Crippen LogP contribution is -2.40. The third-order valence-corrected chi connectivity index (χ3v) is 2.70. The zero-order valence-electron chi connectivity index (χ0n) is 7.80. The van der Waals surface area contributed by atoms with Crippen LogP contribution in [-0.2, 0) is 9.53 Å². The first kappa shape index (κ1) is 11.0. The molecule has 76 valence electrons. The van der Waals surface area contributed by atoms with Gasteiger partial charge in [-0.15, -0.1) is 0 Å². The second-order valence-electron chi connectivity index (χ2n) is 3.14. The Morgan fingerprint density at radius 2 is 2.00 bits per heavy atom. The van der Waals surface area contributed by atoms with Crippen molar-refractivity contribution in [2.75, 3.05) is 31.6 Å². The third-order valence-electron chi connectivity index (χ3n) is 2.14. The molecule has 0 aromatic carbocycles. The van der Waals surface area contributed by atoms with Crippen molar-refractivity contribution in [3.8, 4) is 0 Å². The van der Waals surface area contributed by atoms with E-state index >= 15 is 0 Å². The monoisotopic (exact) mass is 249 g/mol. The zero-order valence-corrected chi connectivity index (χ0v) is 9.38. The smallest absolute Gasteiger partial charge is 0.222 e. The fraction of sp³-hybridized carbons (Fsp3) is 0.889. The van der Waals surface area contributed by atoms with E-state index in [2.05, 4.69) is 15.9 Å². The molecule has 0 radical (unpaired) electrons. The number of unbranched alkanes of at least 4 members (excludes halogenated alkanes) is 1. The normalized spacial score (nSPS) is 17.5. The minimum absolute atomic E-state index is 0.282. The second-order valence-corrected chi connectivity index (χ2v) is 3.93. The summed E-state index contributed by atoms with van der Waals surface area (Å²) < 4.78 is 5.17. The predicted molar refractivity (Wildman–Crippen MR) is 55.0 cm³/mol. The molecule has 0 unspecified atom stereocenters. The summed E-state index contributed by atoms with van der Waals surface area (Å²) in [6, 6.07) is 0. The summed E-state index contributed by atoms with van der Waals surface area (Å²) in [7, 11) is 0. The van der Waals surface area contributed by atoms with Gasteiger partial charge in [-0.1, -0.05) is 15.9 Å². The molecule has 1 amide bonds.